The SMILES string of the molecule is CCOc1cc(/C=C/C(=O)N2CCN(C(=O)c3ccc(F)cc3)CC2)ccc1OC(F)F. The van der Waals surface area contributed by atoms with Crippen LogP contribution in [0.2, 0.25) is 0 Å². The molecule has 2 aromatic rings. The monoisotopic (exact) mass is 448 g/mol. The van der Waals surface area contributed by atoms with Crippen molar-refractivity contribution in [3.63, 3.8) is 0 Å². The number of halogens is 3. The topological polar surface area (TPSA) is 59.1 Å². The third-order valence-corrected chi connectivity index (χ3v) is 4.87. The number of hydrogen-bond acceptors (Lipinski definition) is 4. The van der Waals surface area contributed by atoms with E-state index in [2.05, 4.69) is 4.74 Å². The van der Waals surface area contributed by atoms with E-state index in [9.17, 15) is 22.8 Å². The van der Waals surface area contributed by atoms with Crippen molar-refractivity contribution in [2.75, 3.05) is 32.8 Å². The van der Waals surface area contributed by atoms with Gasteiger partial charge in [-0.05, 0) is 55.0 Å². The molecule has 1 saturated heterocycles. The van der Waals surface area contributed by atoms with Gasteiger partial charge in [-0.2, -0.15) is 8.78 Å². The average molecular weight is 448 g/mol. The highest BCUT2D eigenvalue weighted by molar-refractivity contribution is 5.95. The molecule has 0 aromatic heterocycles. The van der Waals surface area contributed by atoms with Crippen LogP contribution in [0.5, 0.6) is 11.5 Å². The summed E-state index contributed by atoms with van der Waals surface area (Å²) in [4.78, 5) is 28.2. The average Bonchev–Trinajstić information content (AvgIpc) is 2.79. The lowest BCUT2D eigenvalue weighted by Crippen LogP contribution is -2.50. The lowest BCUT2D eigenvalue weighted by Gasteiger charge is -2.34. The second kappa shape index (κ2) is 10.7. The van der Waals surface area contributed by atoms with Gasteiger partial charge in [-0.25, -0.2) is 4.39 Å². The van der Waals surface area contributed by atoms with E-state index >= 15 is 0 Å². The van der Waals surface area contributed by atoms with Crippen molar-refractivity contribution in [2.45, 2.75) is 13.5 Å². The normalized spacial score (nSPS) is 14.2. The van der Waals surface area contributed by atoms with E-state index < -0.39 is 12.4 Å². The number of amides is 2. The van der Waals surface area contributed by atoms with Crippen LogP contribution in [0.25, 0.3) is 6.08 Å². The summed E-state index contributed by atoms with van der Waals surface area (Å²) in [5.41, 5.74) is 0.990. The van der Waals surface area contributed by atoms with Crippen molar-refractivity contribution in [2.24, 2.45) is 0 Å². The first-order valence-electron chi connectivity index (χ1n) is 10.1. The molecule has 0 aliphatic carbocycles. The molecule has 0 spiro atoms. The number of benzene rings is 2. The van der Waals surface area contributed by atoms with Crippen LogP contribution in [-0.4, -0.2) is 61.0 Å². The molecule has 1 aliphatic heterocycles. The van der Waals surface area contributed by atoms with Gasteiger partial charge in [0.2, 0.25) is 5.91 Å². The van der Waals surface area contributed by atoms with E-state index in [0.717, 1.165) is 0 Å². The molecule has 0 radical (unpaired) electrons. The van der Waals surface area contributed by atoms with Gasteiger partial charge in [-0.1, -0.05) is 6.07 Å². The Morgan fingerprint density at radius 3 is 2.28 bits per heavy atom. The predicted molar refractivity (Wildman–Crippen MR) is 112 cm³/mol. The van der Waals surface area contributed by atoms with E-state index in [-0.39, 0.29) is 29.9 Å². The van der Waals surface area contributed by atoms with Gasteiger partial charge in [0.15, 0.2) is 11.5 Å². The summed E-state index contributed by atoms with van der Waals surface area (Å²) in [6, 6.07) is 9.77. The summed E-state index contributed by atoms with van der Waals surface area (Å²) in [5.74, 6) is -0.761. The van der Waals surface area contributed by atoms with Gasteiger partial charge in [0.25, 0.3) is 5.91 Å². The Morgan fingerprint density at radius 2 is 1.66 bits per heavy atom. The summed E-state index contributed by atoms with van der Waals surface area (Å²) < 4.78 is 47.8. The second-order valence-corrected chi connectivity index (χ2v) is 6.98. The first-order valence-corrected chi connectivity index (χ1v) is 10.1. The molecular weight excluding hydrogens is 425 g/mol. The molecule has 2 aromatic carbocycles. The summed E-state index contributed by atoms with van der Waals surface area (Å²) in [7, 11) is 0. The zero-order valence-corrected chi connectivity index (χ0v) is 17.5. The first-order chi connectivity index (χ1) is 15.4. The van der Waals surface area contributed by atoms with Crippen LogP contribution in [0.15, 0.2) is 48.5 Å². The molecule has 3 rings (SSSR count). The Hall–Kier alpha value is -3.49. The highest BCUT2D eigenvalue weighted by Gasteiger charge is 2.24. The molecule has 6 nitrogen and oxygen atoms in total. The molecule has 0 N–H and O–H groups in total. The number of ether oxygens (including phenoxy) is 2. The van der Waals surface area contributed by atoms with E-state index in [4.69, 9.17) is 4.74 Å². The minimum absolute atomic E-state index is 0.0766. The maximum absolute atomic E-state index is 13.0. The maximum atomic E-state index is 13.0. The Labute approximate surface area is 183 Å². The Kier molecular flexibility index (Phi) is 7.75. The number of piperazine rings is 1. The predicted octanol–water partition coefficient (Wildman–Crippen LogP) is 3.82. The Balaban J connectivity index is 1.58. The minimum Gasteiger partial charge on any atom is -0.490 e. The summed E-state index contributed by atoms with van der Waals surface area (Å²) in [6.07, 6.45) is 2.95. The lowest BCUT2D eigenvalue weighted by atomic mass is 10.1. The van der Waals surface area contributed by atoms with Crippen molar-refractivity contribution in [1.29, 1.82) is 0 Å². The van der Waals surface area contributed by atoms with Crippen molar-refractivity contribution in [1.82, 2.24) is 9.80 Å². The molecule has 0 unspecified atom stereocenters. The molecule has 32 heavy (non-hydrogen) atoms. The van der Waals surface area contributed by atoms with Gasteiger partial charge < -0.3 is 19.3 Å². The molecular formula is C23H23F3N2O4. The van der Waals surface area contributed by atoms with Crippen LogP contribution in [0.4, 0.5) is 13.2 Å². The maximum Gasteiger partial charge on any atom is 0.387 e. The second-order valence-electron chi connectivity index (χ2n) is 6.98. The van der Waals surface area contributed by atoms with Gasteiger partial charge in [-0.15, -0.1) is 0 Å². The highest BCUT2D eigenvalue weighted by atomic mass is 19.3. The summed E-state index contributed by atoms with van der Waals surface area (Å²) >= 11 is 0. The third-order valence-electron chi connectivity index (χ3n) is 4.87. The molecule has 2 amide bonds. The van der Waals surface area contributed by atoms with E-state index in [0.29, 0.717) is 37.3 Å². The van der Waals surface area contributed by atoms with E-state index in [1.54, 1.807) is 28.9 Å². The number of hydrogen-bond donors (Lipinski definition) is 0. The fraction of sp³-hybridized carbons (Fsp3) is 0.304. The quantitative estimate of drug-likeness (QED) is 0.605. The molecule has 0 bridgehead atoms. The minimum atomic E-state index is -2.97. The van der Waals surface area contributed by atoms with Gasteiger partial charge in [0, 0.05) is 37.8 Å². The number of rotatable bonds is 7. The van der Waals surface area contributed by atoms with Crippen LogP contribution < -0.4 is 9.47 Å². The zero-order chi connectivity index (χ0) is 23.1. The van der Waals surface area contributed by atoms with Crippen LogP contribution in [0.1, 0.15) is 22.8 Å². The molecule has 0 saturated carbocycles. The first kappa shape index (κ1) is 23.2. The van der Waals surface area contributed by atoms with Crippen molar-refractivity contribution in [3.05, 3.63) is 65.5 Å². The number of carbonyl (C=O) groups is 2. The molecule has 170 valence electrons. The van der Waals surface area contributed by atoms with E-state index in [1.165, 1.54) is 42.5 Å². The van der Waals surface area contributed by atoms with Gasteiger partial charge >= 0.3 is 6.61 Å². The number of nitrogens with zero attached hydrogens (tertiary/aromatic N) is 2. The fourth-order valence-electron chi connectivity index (χ4n) is 3.27. The van der Waals surface area contributed by atoms with Crippen molar-refractivity contribution >= 4 is 17.9 Å². The van der Waals surface area contributed by atoms with Crippen LogP contribution >= 0.6 is 0 Å². The smallest absolute Gasteiger partial charge is 0.387 e. The zero-order valence-electron chi connectivity index (χ0n) is 17.5. The molecule has 1 fully saturated rings. The Morgan fingerprint density at radius 1 is 1.00 bits per heavy atom. The molecule has 1 heterocycles. The molecule has 1 aliphatic rings. The standard InChI is InChI=1S/C23H23F3N2O4/c1-2-31-20-15-16(3-9-19(20)32-23(25)26)4-10-21(29)27-11-13-28(14-12-27)22(30)17-5-7-18(24)8-6-17/h3-10,15,23H,2,11-14H2,1H3/b10-4+. The van der Waals surface area contributed by atoms with Crippen molar-refractivity contribution in [3.8, 4) is 11.5 Å². The van der Waals surface area contributed by atoms with E-state index in [1.807, 2.05) is 0 Å². The summed E-state index contributed by atoms with van der Waals surface area (Å²) in [6.45, 7) is 0.480. The van der Waals surface area contributed by atoms with Gasteiger partial charge in [0.1, 0.15) is 5.82 Å². The summed E-state index contributed by atoms with van der Waals surface area (Å²) in [5, 5.41) is 0. The lowest BCUT2D eigenvalue weighted by molar-refractivity contribution is -0.127. The Bertz CT molecular complexity index is 972. The van der Waals surface area contributed by atoms with Gasteiger partial charge in [0.05, 0.1) is 6.61 Å². The van der Waals surface area contributed by atoms with Crippen LogP contribution in [-0.2, 0) is 4.79 Å². The van der Waals surface area contributed by atoms with Crippen LogP contribution in [0.3, 0.4) is 0 Å². The fourth-order valence-corrected chi connectivity index (χ4v) is 3.27. The van der Waals surface area contributed by atoms with Crippen LogP contribution in [0, 0.1) is 5.82 Å². The largest absolute Gasteiger partial charge is 0.490 e. The molecule has 0 atom stereocenters. The number of carbonyl (C=O) groups excluding carboxylic acids is 2. The number of alkyl halides is 2. The van der Waals surface area contributed by atoms with Gasteiger partial charge in [-0.3, -0.25) is 9.59 Å². The molecule has 9 heteroatoms. The third kappa shape index (κ3) is 6.03. The highest BCUT2D eigenvalue weighted by Crippen LogP contribution is 2.30. The van der Waals surface area contributed by atoms with Crippen molar-refractivity contribution < 1.29 is 32.2 Å².